The second-order valence-electron chi connectivity index (χ2n) is 7.03. The van der Waals surface area contributed by atoms with Crippen LogP contribution in [0.15, 0.2) is 0 Å². The van der Waals surface area contributed by atoms with Crippen molar-refractivity contribution in [1.29, 1.82) is 0 Å². The molecule has 2 rings (SSSR count). The Morgan fingerprint density at radius 1 is 1.21 bits per heavy atom. The molecule has 5 unspecified atom stereocenters. The minimum absolute atomic E-state index is 0.121. The van der Waals surface area contributed by atoms with E-state index in [1.54, 1.807) is 0 Å². The van der Waals surface area contributed by atoms with Crippen LogP contribution in [0.3, 0.4) is 0 Å². The van der Waals surface area contributed by atoms with Crippen LogP contribution in [0.5, 0.6) is 0 Å². The van der Waals surface area contributed by atoms with Gasteiger partial charge in [0.1, 0.15) is 0 Å². The van der Waals surface area contributed by atoms with Crippen molar-refractivity contribution in [3.8, 4) is 0 Å². The molecule has 2 fully saturated rings. The van der Waals surface area contributed by atoms with Crippen LogP contribution in [0.1, 0.15) is 58.8 Å². The van der Waals surface area contributed by atoms with Gasteiger partial charge in [0.15, 0.2) is 0 Å². The summed E-state index contributed by atoms with van der Waals surface area (Å²) in [5.74, 6) is 2.08. The highest BCUT2D eigenvalue weighted by Crippen LogP contribution is 2.36. The Bertz CT molecular complexity index is 284. The predicted molar refractivity (Wildman–Crippen MR) is 77.9 cm³/mol. The van der Waals surface area contributed by atoms with Crippen molar-refractivity contribution in [3.05, 3.63) is 0 Å². The third-order valence-corrected chi connectivity index (χ3v) is 5.67. The molecule has 0 bridgehead atoms. The average molecular weight is 269 g/mol. The zero-order chi connectivity index (χ0) is 13.9. The smallest absolute Gasteiger partial charge is 0.0613 e. The summed E-state index contributed by atoms with van der Waals surface area (Å²) < 4.78 is 6.06. The lowest BCUT2D eigenvalue weighted by Gasteiger charge is -2.33. The van der Waals surface area contributed by atoms with Crippen molar-refractivity contribution in [3.63, 3.8) is 0 Å². The van der Waals surface area contributed by atoms with Crippen LogP contribution < -0.4 is 5.73 Å². The Morgan fingerprint density at radius 3 is 2.68 bits per heavy atom. The SMILES string of the molecule is CC1CCC(OCCC2CCCC2(N)CO)CC1C. The molecular formula is C16H31NO2. The normalized spacial score (nSPS) is 43.6. The summed E-state index contributed by atoms with van der Waals surface area (Å²) in [6, 6.07) is 0. The van der Waals surface area contributed by atoms with E-state index >= 15 is 0 Å². The molecule has 0 aromatic carbocycles. The molecule has 0 amide bonds. The van der Waals surface area contributed by atoms with E-state index in [2.05, 4.69) is 13.8 Å². The van der Waals surface area contributed by atoms with Crippen LogP contribution in [0.25, 0.3) is 0 Å². The fraction of sp³-hybridized carbons (Fsp3) is 1.00. The fourth-order valence-electron chi connectivity index (χ4n) is 3.84. The summed E-state index contributed by atoms with van der Waals surface area (Å²) in [4.78, 5) is 0. The van der Waals surface area contributed by atoms with Gasteiger partial charge in [-0.2, -0.15) is 0 Å². The Hall–Kier alpha value is -0.120. The van der Waals surface area contributed by atoms with Gasteiger partial charge in [-0.25, -0.2) is 0 Å². The van der Waals surface area contributed by atoms with Gasteiger partial charge in [0, 0.05) is 12.1 Å². The van der Waals surface area contributed by atoms with E-state index in [1.807, 2.05) is 0 Å². The number of hydrogen-bond acceptors (Lipinski definition) is 3. The molecule has 19 heavy (non-hydrogen) atoms. The van der Waals surface area contributed by atoms with Gasteiger partial charge >= 0.3 is 0 Å². The van der Waals surface area contributed by atoms with Gasteiger partial charge in [-0.15, -0.1) is 0 Å². The second-order valence-corrected chi connectivity index (χ2v) is 7.03. The zero-order valence-corrected chi connectivity index (χ0v) is 12.6. The van der Waals surface area contributed by atoms with E-state index in [4.69, 9.17) is 10.5 Å². The molecule has 3 nitrogen and oxygen atoms in total. The molecule has 0 spiro atoms. The van der Waals surface area contributed by atoms with E-state index < -0.39 is 0 Å². The molecule has 0 saturated heterocycles. The predicted octanol–water partition coefficient (Wildman–Crippen LogP) is 2.71. The Kier molecular flexibility index (Phi) is 5.27. The van der Waals surface area contributed by atoms with Crippen molar-refractivity contribution in [1.82, 2.24) is 0 Å². The molecule has 0 aromatic heterocycles. The average Bonchev–Trinajstić information content (AvgIpc) is 2.76. The van der Waals surface area contributed by atoms with Crippen molar-refractivity contribution in [2.75, 3.05) is 13.2 Å². The third-order valence-electron chi connectivity index (χ3n) is 5.67. The highest BCUT2D eigenvalue weighted by atomic mass is 16.5. The fourth-order valence-corrected chi connectivity index (χ4v) is 3.84. The van der Waals surface area contributed by atoms with E-state index in [9.17, 15) is 5.11 Å². The molecule has 2 aliphatic carbocycles. The molecule has 0 heterocycles. The monoisotopic (exact) mass is 269 g/mol. The number of aliphatic hydroxyl groups is 1. The van der Waals surface area contributed by atoms with E-state index in [1.165, 1.54) is 19.3 Å². The van der Waals surface area contributed by atoms with Crippen molar-refractivity contribution in [2.45, 2.75) is 70.4 Å². The molecule has 0 aromatic rings. The third kappa shape index (κ3) is 3.71. The lowest BCUT2D eigenvalue weighted by Crippen LogP contribution is -2.47. The van der Waals surface area contributed by atoms with Crippen LogP contribution in [-0.2, 0) is 4.74 Å². The molecule has 3 heteroatoms. The van der Waals surface area contributed by atoms with Gasteiger partial charge in [-0.05, 0) is 56.3 Å². The Morgan fingerprint density at radius 2 is 2.00 bits per heavy atom. The highest BCUT2D eigenvalue weighted by Gasteiger charge is 2.38. The lowest BCUT2D eigenvalue weighted by atomic mass is 9.80. The summed E-state index contributed by atoms with van der Waals surface area (Å²) in [6.45, 7) is 5.63. The van der Waals surface area contributed by atoms with Crippen LogP contribution >= 0.6 is 0 Å². The first-order valence-electron chi connectivity index (χ1n) is 8.06. The van der Waals surface area contributed by atoms with Gasteiger partial charge in [-0.3, -0.25) is 0 Å². The van der Waals surface area contributed by atoms with Crippen LogP contribution in [0.4, 0.5) is 0 Å². The summed E-state index contributed by atoms with van der Waals surface area (Å²) in [7, 11) is 0. The van der Waals surface area contributed by atoms with Gasteiger partial charge in [0.05, 0.1) is 12.7 Å². The van der Waals surface area contributed by atoms with Crippen molar-refractivity contribution >= 4 is 0 Å². The number of rotatable bonds is 5. The summed E-state index contributed by atoms with van der Waals surface area (Å²) in [5.41, 5.74) is 5.92. The molecule has 112 valence electrons. The highest BCUT2D eigenvalue weighted by molar-refractivity contribution is 4.95. The van der Waals surface area contributed by atoms with Crippen molar-refractivity contribution < 1.29 is 9.84 Å². The molecule has 2 aliphatic rings. The number of hydrogen-bond donors (Lipinski definition) is 2. The van der Waals surface area contributed by atoms with Gasteiger partial charge < -0.3 is 15.6 Å². The Labute approximate surface area is 117 Å². The number of nitrogens with two attached hydrogens (primary N) is 1. The maximum atomic E-state index is 9.44. The first-order chi connectivity index (χ1) is 9.05. The first-order valence-corrected chi connectivity index (χ1v) is 8.06. The summed E-state index contributed by atoms with van der Waals surface area (Å²) >= 11 is 0. The standard InChI is InChI=1S/C16H31NO2/c1-12-5-6-15(10-13(12)2)19-9-7-14-4-3-8-16(14,17)11-18/h12-15,18H,3-11,17H2,1-2H3. The summed E-state index contributed by atoms with van der Waals surface area (Å²) in [5, 5.41) is 9.44. The zero-order valence-electron chi connectivity index (χ0n) is 12.6. The summed E-state index contributed by atoms with van der Waals surface area (Å²) in [6.07, 6.45) is 8.45. The maximum Gasteiger partial charge on any atom is 0.0613 e. The molecular weight excluding hydrogens is 238 g/mol. The van der Waals surface area contributed by atoms with Gasteiger partial charge in [0.2, 0.25) is 0 Å². The van der Waals surface area contributed by atoms with E-state index in [-0.39, 0.29) is 12.1 Å². The minimum atomic E-state index is -0.336. The van der Waals surface area contributed by atoms with E-state index in [0.717, 1.165) is 44.1 Å². The van der Waals surface area contributed by atoms with Crippen molar-refractivity contribution in [2.24, 2.45) is 23.5 Å². The largest absolute Gasteiger partial charge is 0.394 e. The Balaban J connectivity index is 1.69. The first kappa shape index (κ1) is 15.3. The van der Waals surface area contributed by atoms with Gasteiger partial charge in [-0.1, -0.05) is 20.3 Å². The van der Waals surface area contributed by atoms with Gasteiger partial charge in [0.25, 0.3) is 0 Å². The quantitative estimate of drug-likeness (QED) is 0.807. The molecule has 2 saturated carbocycles. The maximum absolute atomic E-state index is 9.44. The van der Waals surface area contributed by atoms with E-state index in [0.29, 0.717) is 12.0 Å². The second kappa shape index (κ2) is 6.55. The number of ether oxygens (including phenoxy) is 1. The molecule has 5 atom stereocenters. The molecule has 0 radical (unpaired) electrons. The molecule has 0 aliphatic heterocycles. The molecule has 3 N–H and O–H groups in total. The minimum Gasteiger partial charge on any atom is -0.394 e. The topological polar surface area (TPSA) is 55.5 Å². The van der Waals surface area contributed by atoms with Crippen LogP contribution in [0, 0.1) is 17.8 Å². The van der Waals surface area contributed by atoms with Crippen LogP contribution in [-0.4, -0.2) is 30.0 Å². The lowest BCUT2D eigenvalue weighted by molar-refractivity contribution is -0.00709. The van der Waals surface area contributed by atoms with Crippen LogP contribution in [0.2, 0.25) is 0 Å². The number of aliphatic hydroxyl groups excluding tert-OH is 1.